The summed E-state index contributed by atoms with van der Waals surface area (Å²) in [4.78, 5) is 7.21. The van der Waals surface area contributed by atoms with E-state index in [4.69, 9.17) is 0 Å². The van der Waals surface area contributed by atoms with Crippen LogP contribution in [0.3, 0.4) is 0 Å². The number of piperazine rings is 1. The van der Waals surface area contributed by atoms with Gasteiger partial charge in [-0.15, -0.1) is 0 Å². The van der Waals surface area contributed by atoms with Crippen LogP contribution in [0.4, 0.5) is 0 Å². The summed E-state index contributed by atoms with van der Waals surface area (Å²) in [6.07, 6.45) is 1.24. The molecular weight excluding hydrogens is 222 g/mol. The predicted octanol–water partition coefficient (Wildman–Crippen LogP) is 2.21. The van der Waals surface area contributed by atoms with Crippen molar-refractivity contribution in [1.82, 2.24) is 15.2 Å². The lowest BCUT2D eigenvalue weighted by molar-refractivity contribution is 0.107. The SMILES string of the molecule is CCC(C)C1CNCCN1Cc1cccc(C)n1. The van der Waals surface area contributed by atoms with E-state index in [2.05, 4.69) is 54.2 Å². The molecule has 18 heavy (non-hydrogen) atoms. The van der Waals surface area contributed by atoms with Crippen LogP contribution in [-0.2, 0) is 6.54 Å². The molecule has 0 amide bonds. The first-order valence-electron chi connectivity index (χ1n) is 7.08. The number of rotatable bonds is 4. The number of hydrogen-bond donors (Lipinski definition) is 1. The van der Waals surface area contributed by atoms with Gasteiger partial charge >= 0.3 is 0 Å². The van der Waals surface area contributed by atoms with Gasteiger partial charge in [0.25, 0.3) is 0 Å². The van der Waals surface area contributed by atoms with Gasteiger partial charge in [0.05, 0.1) is 5.69 Å². The summed E-state index contributed by atoms with van der Waals surface area (Å²) in [6, 6.07) is 6.96. The maximum Gasteiger partial charge on any atom is 0.0547 e. The standard InChI is InChI=1S/C15H25N3/c1-4-12(2)15-10-16-8-9-18(15)11-14-7-5-6-13(3)17-14/h5-7,12,15-16H,4,8-11H2,1-3H3. The molecule has 3 nitrogen and oxygen atoms in total. The molecular formula is C15H25N3. The van der Waals surface area contributed by atoms with E-state index < -0.39 is 0 Å². The van der Waals surface area contributed by atoms with E-state index in [-0.39, 0.29) is 0 Å². The third kappa shape index (κ3) is 3.30. The smallest absolute Gasteiger partial charge is 0.0547 e. The number of aryl methyl sites for hydroxylation is 1. The second kappa shape index (κ2) is 6.30. The first kappa shape index (κ1) is 13.5. The monoisotopic (exact) mass is 247 g/mol. The number of nitrogens with one attached hydrogen (secondary N) is 1. The minimum absolute atomic E-state index is 0.645. The summed E-state index contributed by atoms with van der Waals surface area (Å²) in [6.45, 7) is 11.0. The van der Waals surface area contributed by atoms with Crippen molar-refractivity contribution < 1.29 is 0 Å². The third-order valence-corrected chi connectivity index (χ3v) is 4.01. The average molecular weight is 247 g/mol. The molecule has 1 aliphatic rings. The highest BCUT2D eigenvalue weighted by molar-refractivity contribution is 5.10. The molecule has 1 aromatic heterocycles. The van der Waals surface area contributed by atoms with Gasteiger partial charge in [-0.2, -0.15) is 0 Å². The van der Waals surface area contributed by atoms with Gasteiger partial charge in [0.15, 0.2) is 0 Å². The average Bonchev–Trinajstić information content (AvgIpc) is 2.38. The number of pyridine rings is 1. The molecule has 2 unspecified atom stereocenters. The van der Waals surface area contributed by atoms with Crippen LogP contribution in [0.25, 0.3) is 0 Å². The van der Waals surface area contributed by atoms with Crippen LogP contribution in [0.2, 0.25) is 0 Å². The van der Waals surface area contributed by atoms with Crippen molar-refractivity contribution in [2.24, 2.45) is 5.92 Å². The Kier molecular flexibility index (Phi) is 4.72. The zero-order valence-corrected chi connectivity index (χ0v) is 11.8. The Morgan fingerprint density at radius 1 is 1.50 bits per heavy atom. The lowest BCUT2D eigenvalue weighted by atomic mass is 9.96. The van der Waals surface area contributed by atoms with Crippen LogP contribution in [0, 0.1) is 12.8 Å². The van der Waals surface area contributed by atoms with Gasteiger partial charge in [0.2, 0.25) is 0 Å². The molecule has 1 aromatic rings. The fourth-order valence-corrected chi connectivity index (χ4v) is 2.69. The van der Waals surface area contributed by atoms with Crippen molar-refractivity contribution in [2.75, 3.05) is 19.6 Å². The molecule has 0 aliphatic carbocycles. The maximum absolute atomic E-state index is 4.62. The van der Waals surface area contributed by atoms with E-state index in [1.165, 1.54) is 12.1 Å². The minimum atomic E-state index is 0.645. The maximum atomic E-state index is 4.62. The molecule has 0 saturated carbocycles. The van der Waals surface area contributed by atoms with Crippen molar-refractivity contribution in [3.8, 4) is 0 Å². The summed E-state index contributed by atoms with van der Waals surface area (Å²) < 4.78 is 0. The van der Waals surface area contributed by atoms with Gasteiger partial charge < -0.3 is 5.32 Å². The molecule has 0 aromatic carbocycles. The topological polar surface area (TPSA) is 28.2 Å². The van der Waals surface area contributed by atoms with Crippen molar-refractivity contribution in [3.63, 3.8) is 0 Å². The second-order valence-corrected chi connectivity index (χ2v) is 5.40. The normalized spacial score (nSPS) is 22.9. The molecule has 2 heterocycles. The fraction of sp³-hybridized carbons (Fsp3) is 0.667. The predicted molar refractivity (Wildman–Crippen MR) is 75.5 cm³/mol. The van der Waals surface area contributed by atoms with Crippen LogP contribution in [-0.4, -0.2) is 35.6 Å². The highest BCUT2D eigenvalue weighted by Crippen LogP contribution is 2.18. The Hall–Kier alpha value is -0.930. The molecule has 2 atom stereocenters. The lowest BCUT2D eigenvalue weighted by Gasteiger charge is -2.39. The van der Waals surface area contributed by atoms with Crippen LogP contribution < -0.4 is 5.32 Å². The molecule has 100 valence electrons. The highest BCUT2D eigenvalue weighted by atomic mass is 15.2. The molecule has 2 rings (SSSR count). The van der Waals surface area contributed by atoms with Gasteiger partial charge in [0, 0.05) is 37.9 Å². The van der Waals surface area contributed by atoms with E-state index in [1.807, 2.05) is 0 Å². The van der Waals surface area contributed by atoms with E-state index >= 15 is 0 Å². The Bertz CT molecular complexity index is 378. The minimum Gasteiger partial charge on any atom is -0.314 e. The highest BCUT2D eigenvalue weighted by Gasteiger charge is 2.26. The molecule has 1 N–H and O–H groups in total. The van der Waals surface area contributed by atoms with Gasteiger partial charge in [-0.05, 0) is 25.0 Å². The summed E-state index contributed by atoms with van der Waals surface area (Å²) in [5.41, 5.74) is 2.31. The van der Waals surface area contributed by atoms with E-state index in [1.54, 1.807) is 0 Å². The quantitative estimate of drug-likeness (QED) is 0.884. The molecule has 1 saturated heterocycles. The van der Waals surface area contributed by atoms with Crippen LogP contribution in [0.1, 0.15) is 31.7 Å². The third-order valence-electron chi connectivity index (χ3n) is 4.01. The van der Waals surface area contributed by atoms with Crippen molar-refractivity contribution in [1.29, 1.82) is 0 Å². The molecule has 0 radical (unpaired) electrons. The second-order valence-electron chi connectivity index (χ2n) is 5.40. The van der Waals surface area contributed by atoms with Crippen LogP contribution in [0.15, 0.2) is 18.2 Å². The lowest BCUT2D eigenvalue weighted by Crippen LogP contribution is -2.53. The van der Waals surface area contributed by atoms with Crippen LogP contribution in [0.5, 0.6) is 0 Å². The Morgan fingerprint density at radius 2 is 2.33 bits per heavy atom. The van der Waals surface area contributed by atoms with Crippen molar-refractivity contribution in [2.45, 2.75) is 39.8 Å². The van der Waals surface area contributed by atoms with E-state index in [0.29, 0.717) is 6.04 Å². The zero-order chi connectivity index (χ0) is 13.0. The van der Waals surface area contributed by atoms with Gasteiger partial charge in [0.1, 0.15) is 0 Å². The number of aromatic nitrogens is 1. The van der Waals surface area contributed by atoms with Crippen molar-refractivity contribution >= 4 is 0 Å². The molecule has 1 aliphatic heterocycles. The summed E-state index contributed by atoms with van der Waals surface area (Å²) >= 11 is 0. The Labute approximate surface area is 111 Å². The van der Waals surface area contributed by atoms with Gasteiger partial charge in [-0.25, -0.2) is 0 Å². The summed E-state index contributed by atoms with van der Waals surface area (Å²) in [5, 5.41) is 3.52. The Balaban J connectivity index is 2.05. The van der Waals surface area contributed by atoms with Crippen molar-refractivity contribution in [3.05, 3.63) is 29.6 Å². The first-order chi connectivity index (χ1) is 8.70. The largest absolute Gasteiger partial charge is 0.314 e. The van der Waals surface area contributed by atoms with Gasteiger partial charge in [-0.3, -0.25) is 9.88 Å². The zero-order valence-electron chi connectivity index (χ0n) is 11.8. The molecule has 0 spiro atoms. The van der Waals surface area contributed by atoms with E-state index in [0.717, 1.165) is 37.8 Å². The molecule has 0 bridgehead atoms. The first-order valence-corrected chi connectivity index (χ1v) is 7.08. The fourth-order valence-electron chi connectivity index (χ4n) is 2.69. The molecule has 3 heteroatoms. The summed E-state index contributed by atoms with van der Waals surface area (Å²) in [5.74, 6) is 0.739. The summed E-state index contributed by atoms with van der Waals surface area (Å²) in [7, 11) is 0. The molecule has 1 fully saturated rings. The van der Waals surface area contributed by atoms with E-state index in [9.17, 15) is 0 Å². The number of hydrogen-bond acceptors (Lipinski definition) is 3. The number of nitrogens with zero attached hydrogens (tertiary/aromatic N) is 2. The Morgan fingerprint density at radius 3 is 3.06 bits per heavy atom. The van der Waals surface area contributed by atoms with Crippen LogP contribution >= 0.6 is 0 Å². The van der Waals surface area contributed by atoms with Gasteiger partial charge in [-0.1, -0.05) is 26.3 Å².